The molecule has 2 aromatic rings. The summed E-state index contributed by atoms with van der Waals surface area (Å²) in [4.78, 5) is 28.9. The lowest BCUT2D eigenvalue weighted by Crippen LogP contribution is -2.32. The SMILES string of the molecule is CCCC1CC(=O)N(Cn2c(=O)[nH]c3ccc(OC)cc32)C1. The number of hydrogen-bond donors (Lipinski definition) is 1. The van der Waals surface area contributed by atoms with Crippen LogP contribution < -0.4 is 10.4 Å². The number of rotatable bonds is 5. The molecule has 0 saturated carbocycles. The van der Waals surface area contributed by atoms with E-state index in [0.29, 0.717) is 24.8 Å². The van der Waals surface area contributed by atoms with E-state index in [-0.39, 0.29) is 11.6 Å². The number of amides is 1. The third-order valence-electron chi connectivity index (χ3n) is 4.29. The van der Waals surface area contributed by atoms with Gasteiger partial charge in [-0.2, -0.15) is 0 Å². The van der Waals surface area contributed by atoms with E-state index in [1.54, 1.807) is 22.6 Å². The Hall–Kier alpha value is -2.24. The van der Waals surface area contributed by atoms with Crippen LogP contribution in [0.5, 0.6) is 5.75 Å². The molecule has 1 fully saturated rings. The van der Waals surface area contributed by atoms with E-state index >= 15 is 0 Å². The van der Waals surface area contributed by atoms with Crippen LogP contribution in [0.4, 0.5) is 0 Å². The quantitative estimate of drug-likeness (QED) is 0.918. The van der Waals surface area contributed by atoms with Crippen LogP contribution in [0.15, 0.2) is 23.0 Å². The van der Waals surface area contributed by atoms with Crippen LogP contribution in [0.2, 0.25) is 0 Å². The third-order valence-corrected chi connectivity index (χ3v) is 4.29. The van der Waals surface area contributed by atoms with Gasteiger partial charge in [0.05, 0.1) is 18.1 Å². The van der Waals surface area contributed by atoms with E-state index in [1.165, 1.54) is 0 Å². The summed E-state index contributed by atoms with van der Waals surface area (Å²) in [7, 11) is 1.59. The molecule has 6 nitrogen and oxygen atoms in total. The van der Waals surface area contributed by atoms with Crippen LogP contribution in [-0.2, 0) is 11.5 Å². The van der Waals surface area contributed by atoms with Crippen molar-refractivity contribution in [2.75, 3.05) is 13.7 Å². The number of aromatic amines is 1. The predicted octanol–water partition coefficient (Wildman–Crippen LogP) is 1.94. The van der Waals surface area contributed by atoms with Crippen molar-refractivity contribution in [3.63, 3.8) is 0 Å². The Kier molecular flexibility index (Phi) is 3.92. The lowest BCUT2D eigenvalue weighted by Gasteiger charge is -2.17. The highest BCUT2D eigenvalue weighted by Crippen LogP contribution is 2.24. The van der Waals surface area contributed by atoms with Gasteiger partial charge in [-0.3, -0.25) is 9.36 Å². The monoisotopic (exact) mass is 303 g/mol. The zero-order valence-electron chi connectivity index (χ0n) is 13.0. The zero-order valence-corrected chi connectivity index (χ0v) is 13.0. The summed E-state index contributed by atoms with van der Waals surface area (Å²) in [5.74, 6) is 1.23. The van der Waals surface area contributed by atoms with Gasteiger partial charge in [-0.15, -0.1) is 0 Å². The van der Waals surface area contributed by atoms with Gasteiger partial charge in [-0.05, 0) is 24.5 Å². The van der Waals surface area contributed by atoms with Gasteiger partial charge in [-0.1, -0.05) is 13.3 Å². The van der Waals surface area contributed by atoms with Crippen LogP contribution in [0.1, 0.15) is 26.2 Å². The van der Waals surface area contributed by atoms with E-state index in [9.17, 15) is 9.59 Å². The first-order chi connectivity index (χ1) is 10.6. The van der Waals surface area contributed by atoms with E-state index in [2.05, 4.69) is 11.9 Å². The fourth-order valence-corrected chi connectivity index (χ4v) is 3.16. The summed E-state index contributed by atoms with van der Waals surface area (Å²) in [6.07, 6.45) is 2.73. The first-order valence-electron chi connectivity index (χ1n) is 7.66. The Morgan fingerprint density at radius 3 is 2.91 bits per heavy atom. The van der Waals surface area contributed by atoms with Gasteiger partial charge in [0.15, 0.2) is 0 Å². The number of nitrogens with one attached hydrogen (secondary N) is 1. The number of carbonyl (C=O) groups is 1. The molecule has 2 heterocycles. The second kappa shape index (κ2) is 5.87. The number of methoxy groups -OCH3 is 1. The molecule has 1 aromatic heterocycles. The highest BCUT2D eigenvalue weighted by molar-refractivity contribution is 5.79. The van der Waals surface area contributed by atoms with E-state index in [4.69, 9.17) is 4.74 Å². The van der Waals surface area contributed by atoms with Crippen molar-refractivity contribution < 1.29 is 9.53 Å². The fraction of sp³-hybridized carbons (Fsp3) is 0.500. The number of H-pyrrole nitrogens is 1. The second-order valence-corrected chi connectivity index (χ2v) is 5.86. The molecule has 22 heavy (non-hydrogen) atoms. The van der Waals surface area contributed by atoms with Crippen molar-refractivity contribution in [3.8, 4) is 5.75 Å². The molecule has 1 aliphatic rings. The van der Waals surface area contributed by atoms with Crippen molar-refractivity contribution >= 4 is 16.9 Å². The largest absolute Gasteiger partial charge is 0.497 e. The van der Waals surface area contributed by atoms with Crippen LogP contribution in [-0.4, -0.2) is 34.0 Å². The smallest absolute Gasteiger partial charge is 0.327 e. The molecule has 1 amide bonds. The molecule has 1 N–H and O–H groups in total. The minimum Gasteiger partial charge on any atom is -0.497 e. The minimum absolute atomic E-state index is 0.127. The summed E-state index contributed by atoms with van der Waals surface area (Å²) in [5, 5.41) is 0. The highest BCUT2D eigenvalue weighted by atomic mass is 16.5. The molecular formula is C16H21N3O3. The lowest BCUT2D eigenvalue weighted by molar-refractivity contribution is -0.129. The summed E-state index contributed by atoms with van der Waals surface area (Å²) in [6.45, 7) is 3.16. The highest BCUT2D eigenvalue weighted by Gasteiger charge is 2.29. The Balaban J connectivity index is 1.89. The second-order valence-electron chi connectivity index (χ2n) is 5.86. The molecule has 1 aliphatic heterocycles. The number of nitrogens with zero attached hydrogens (tertiary/aromatic N) is 2. The first kappa shape index (κ1) is 14.7. The summed E-state index contributed by atoms with van der Waals surface area (Å²) in [5.41, 5.74) is 1.31. The number of carbonyl (C=O) groups excluding carboxylic acids is 1. The zero-order chi connectivity index (χ0) is 15.7. The molecule has 0 spiro atoms. The molecule has 1 unspecified atom stereocenters. The Labute approximate surface area is 128 Å². The summed E-state index contributed by atoms with van der Waals surface area (Å²) in [6, 6.07) is 5.44. The topological polar surface area (TPSA) is 67.3 Å². The summed E-state index contributed by atoms with van der Waals surface area (Å²) >= 11 is 0. The first-order valence-corrected chi connectivity index (χ1v) is 7.66. The van der Waals surface area contributed by atoms with Crippen molar-refractivity contribution in [3.05, 3.63) is 28.7 Å². The molecule has 118 valence electrons. The van der Waals surface area contributed by atoms with Crippen molar-refractivity contribution in [2.45, 2.75) is 32.9 Å². The van der Waals surface area contributed by atoms with Crippen LogP contribution in [0.3, 0.4) is 0 Å². The summed E-state index contributed by atoms with van der Waals surface area (Å²) < 4.78 is 6.82. The van der Waals surface area contributed by atoms with Crippen LogP contribution >= 0.6 is 0 Å². The average Bonchev–Trinajstić information content (AvgIpc) is 3.00. The van der Waals surface area contributed by atoms with Crippen molar-refractivity contribution in [1.29, 1.82) is 0 Å². The molecule has 6 heteroatoms. The normalized spacial score (nSPS) is 18.4. The van der Waals surface area contributed by atoms with Crippen LogP contribution in [0.25, 0.3) is 11.0 Å². The van der Waals surface area contributed by atoms with E-state index in [1.807, 2.05) is 12.1 Å². The molecule has 3 rings (SSSR count). The number of ether oxygens (including phenoxy) is 1. The number of likely N-dealkylation sites (tertiary alicyclic amines) is 1. The number of imidazole rings is 1. The molecule has 1 saturated heterocycles. The number of fused-ring (bicyclic) bond motifs is 1. The third kappa shape index (κ3) is 2.61. The predicted molar refractivity (Wildman–Crippen MR) is 83.8 cm³/mol. The van der Waals surface area contributed by atoms with Gasteiger partial charge in [0.25, 0.3) is 0 Å². The van der Waals surface area contributed by atoms with Gasteiger partial charge in [-0.25, -0.2) is 4.79 Å². The fourth-order valence-electron chi connectivity index (χ4n) is 3.16. The molecule has 1 atom stereocenters. The number of hydrogen-bond acceptors (Lipinski definition) is 3. The maximum atomic E-state index is 12.2. The minimum atomic E-state index is -0.199. The lowest BCUT2D eigenvalue weighted by atomic mass is 10.0. The standard InChI is InChI=1S/C16H21N3O3/c1-3-4-11-7-15(20)18(9-11)10-19-14-8-12(22-2)5-6-13(14)17-16(19)21/h5-6,8,11H,3-4,7,9-10H2,1-2H3,(H,17,21). The molecule has 0 bridgehead atoms. The van der Waals surface area contributed by atoms with Crippen molar-refractivity contribution in [1.82, 2.24) is 14.5 Å². The maximum Gasteiger partial charge on any atom is 0.327 e. The van der Waals surface area contributed by atoms with Crippen molar-refractivity contribution in [2.24, 2.45) is 5.92 Å². The van der Waals surface area contributed by atoms with E-state index in [0.717, 1.165) is 30.4 Å². The van der Waals surface area contributed by atoms with Gasteiger partial charge >= 0.3 is 5.69 Å². The molecule has 1 aromatic carbocycles. The Morgan fingerprint density at radius 1 is 1.36 bits per heavy atom. The average molecular weight is 303 g/mol. The maximum absolute atomic E-state index is 12.2. The molecule has 0 radical (unpaired) electrons. The van der Waals surface area contributed by atoms with Crippen LogP contribution in [0, 0.1) is 5.92 Å². The number of aromatic nitrogens is 2. The van der Waals surface area contributed by atoms with Gasteiger partial charge in [0.2, 0.25) is 5.91 Å². The molecule has 0 aliphatic carbocycles. The van der Waals surface area contributed by atoms with Gasteiger partial charge in [0, 0.05) is 19.0 Å². The molecular weight excluding hydrogens is 282 g/mol. The van der Waals surface area contributed by atoms with Gasteiger partial charge in [0.1, 0.15) is 12.4 Å². The Bertz CT molecular complexity index is 747. The van der Waals surface area contributed by atoms with Gasteiger partial charge < -0.3 is 14.6 Å². The van der Waals surface area contributed by atoms with E-state index < -0.39 is 0 Å². The Morgan fingerprint density at radius 2 is 2.18 bits per heavy atom. The number of benzene rings is 1.